The van der Waals surface area contributed by atoms with E-state index in [0.29, 0.717) is 19.1 Å². The van der Waals surface area contributed by atoms with Crippen LogP contribution < -0.4 is 4.74 Å². The number of likely N-dealkylation sites (tertiary alicyclic amines) is 1. The van der Waals surface area contributed by atoms with Gasteiger partial charge in [-0.15, -0.1) is 0 Å². The minimum Gasteiger partial charge on any atom is -0.480 e. The van der Waals surface area contributed by atoms with Crippen LogP contribution >= 0.6 is 0 Å². The average molecular weight is 393 g/mol. The van der Waals surface area contributed by atoms with Gasteiger partial charge in [-0.05, 0) is 44.2 Å². The van der Waals surface area contributed by atoms with E-state index in [4.69, 9.17) is 4.74 Å². The highest BCUT2D eigenvalue weighted by molar-refractivity contribution is 7.91. The number of nitrogens with zero attached hydrogens (tertiary/aromatic N) is 2. The van der Waals surface area contributed by atoms with Crippen molar-refractivity contribution in [2.24, 2.45) is 0 Å². The number of rotatable bonds is 2. The lowest BCUT2D eigenvalue weighted by Crippen LogP contribution is -2.53. The van der Waals surface area contributed by atoms with Crippen LogP contribution in [-0.4, -0.2) is 74.0 Å². The minimum atomic E-state index is -2.84. The third-order valence-corrected chi connectivity index (χ3v) is 7.72. The molecule has 0 bridgehead atoms. The van der Waals surface area contributed by atoms with Gasteiger partial charge in [-0.1, -0.05) is 17.7 Å². The molecule has 0 aromatic heterocycles. The molecule has 3 aliphatic rings. The fourth-order valence-corrected chi connectivity index (χ4v) is 5.67. The van der Waals surface area contributed by atoms with Crippen molar-refractivity contribution < 1.29 is 17.9 Å². The summed E-state index contributed by atoms with van der Waals surface area (Å²) in [6.45, 7) is 4.78. The lowest BCUT2D eigenvalue weighted by molar-refractivity contribution is -0.141. The molecule has 2 saturated heterocycles. The molecule has 0 radical (unpaired) electrons. The maximum Gasteiger partial charge on any atom is 0.263 e. The van der Waals surface area contributed by atoms with Crippen molar-refractivity contribution in [1.82, 2.24) is 9.80 Å². The number of piperidine rings is 1. The summed E-state index contributed by atoms with van der Waals surface area (Å²) in [5, 5.41) is 0. The van der Waals surface area contributed by atoms with E-state index in [0.717, 1.165) is 44.5 Å². The zero-order valence-electron chi connectivity index (χ0n) is 15.9. The van der Waals surface area contributed by atoms with E-state index in [1.54, 1.807) is 0 Å². The normalized spacial score (nSPS) is 26.3. The molecule has 148 valence electrons. The van der Waals surface area contributed by atoms with Crippen LogP contribution in [0.15, 0.2) is 18.2 Å². The molecule has 0 N–H and O–H groups in total. The number of ether oxygens (including phenoxy) is 1. The van der Waals surface area contributed by atoms with Crippen LogP contribution in [0, 0.1) is 6.92 Å². The number of carbonyl (C=O) groups excluding carboxylic acids is 1. The van der Waals surface area contributed by atoms with E-state index in [1.807, 2.05) is 17.0 Å². The molecule has 6 nitrogen and oxygen atoms in total. The summed E-state index contributed by atoms with van der Waals surface area (Å²) < 4.78 is 29.2. The maximum atomic E-state index is 12.9. The Bertz CT molecular complexity index is 801. The van der Waals surface area contributed by atoms with Crippen LogP contribution in [-0.2, 0) is 21.1 Å². The minimum absolute atomic E-state index is 0.0981. The number of hydrogen-bond acceptors (Lipinski definition) is 5. The van der Waals surface area contributed by atoms with Gasteiger partial charge < -0.3 is 9.64 Å². The molecule has 0 aliphatic carbocycles. The molecule has 1 aromatic carbocycles. The summed E-state index contributed by atoms with van der Waals surface area (Å²) in [4.78, 5) is 17.1. The quantitative estimate of drug-likeness (QED) is 0.761. The standard InChI is InChI=1S/C20H28N2O4S/c1-15-2-4-18-16(14-15)3-5-19(26-18)20(23)22-8-6-17(7-9-22)21-10-12-27(24,25)13-11-21/h2,4,14,17,19H,3,5-13H2,1H3. The van der Waals surface area contributed by atoms with E-state index < -0.39 is 9.84 Å². The fourth-order valence-electron chi connectivity index (χ4n) is 4.44. The van der Waals surface area contributed by atoms with Gasteiger partial charge in [-0.2, -0.15) is 0 Å². The van der Waals surface area contributed by atoms with Crippen LogP contribution in [0.3, 0.4) is 0 Å². The first-order chi connectivity index (χ1) is 12.9. The predicted molar refractivity (Wildman–Crippen MR) is 104 cm³/mol. The second-order valence-electron chi connectivity index (χ2n) is 8.00. The molecule has 27 heavy (non-hydrogen) atoms. The number of carbonyl (C=O) groups is 1. The lowest BCUT2D eigenvalue weighted by atomic mass is 9.98. The molecular weight excluding hydrogens is 364 g/mol. The number of hydrogen-bond donors (Lipinski definition) is 0. The van der Waals surface area contributed by atoms with E-state index in [1.165, 1.54) is 11.1 Å². The van der Waals surface area contributed by atoms with Crippen LogP contribution in [0.1, 0.15) is 30.4 Å². The molecule has 3 aliphatic heterocycles. The SMILES string of the molecule is Cc1ccc2c(c1)CCC(C(=O)N1CCC(N3CCS(=O)(=O)CC3)CC1)O2. The summed E-state index contributed by atoms with van der Waals surface area (Å²) in [7, 11) is -2.84. The molecule has 7 heteroatoms. The molecule has 1 atom stereocenters. The molecule has 3 heterocycles. The number of benzene rings is 1. The first kappa shape index (κ1) is 18.7. The van der Waals surface area contributed by atoms with Crippen molar-refractivity contribution in [3.8, 4) is 5.75 Å². The number of amides is 1. The molecule has 0 spiro atoms. The second-order valence-corrected chi connectivity index (χ2v) is 10.3. The molecular formula is C20H28N2O4S. The third kappa shape index (κ3) is 4.14. The summed E-state index contributed by atoms with van der Waals surface area (Å²) >= 11 is 0. The number of aryl methyl sites for hydroxylation is 2. The Hall–Kier alpha value is -1.60. The van der Waals surface area contributed by atoms with Crippen molar-refractivity contribution in [2.75, 3.05) is 37.7 Å². The molecule has 0 saturated carbocycles. The van der Waals surface area contributed by atoms with Gasteiger partial charge in [0, 0.05) is 32.2 Å². The Kier molecular flexibility index (Phi) is 5.16. The zero-order chi connectivity index (χ0) is 19.0. The van der Waals surface area contributed by atoms with Gasteiger partial charge in [-0.25, -0.2) is 8.42 Å². The van der Waals surface area contributed by atoms with E-state index in [-0.39, 0.29) is 23.5 Å². The van der Waals surface area contributed by atoms with Gasteiger partial charge in [0.1, 0.15) is 5.75 Å². The van der Waals surface area contributed by atoms with Gasteiger partial charge in [0.2, 0.25) is 0 Å². The lowest BCUT2D eigenvalue weighted by Gasteiger charge is -2.41. The highest BCUT2D eigenvalue weighted by Gasteiger charge is 2.34. The first-order valence-electron chi connectivity index (χ1n) is 9.91. The maximum absolute atomic E-state index is 12.9. The van der Waals surface area contributed by atoms with Crippen LogP contribution in [0.2, 0.25) is 0 Å². The number of fused-ring (bicyclic) bond motifs is 1. The largest absolute Gasteiger partial charge is 0.480 e. The second kappa shape index (κ2) is 7.43. The van der Waals surface area contributed by atoms with Crippen molar-refractivity contribution in [1.29, 1.82) is 0 Å². The number of sulfone groups is 1. The Balaban J connectivity index is 1.31. The van der Waals surface area contributed by atoms with Crippen LogP contribution in [0.4, 0.5) is 0 Å². The average Bonchev–Trinajstić information content (AvgIpc) is 2.67. The van der Waals surface area contributed by atoms with Crippen LogP contribution in [0.5, 0.6) is 5.75 Å². The topological polar surface area (TPSA) is 66.9 Å². The Morgan fingerprint density at radius 3 is 2.48 bits per heavy atom. The van der Waals surface area contributed by atoms with Gasteiger partial charge in [0.25, 0.3) is 5.91 Å². The monoisotopic (exact) mass is 392 g/mol. The van der Waals surface area contributed by atoms with Gasteiger partial charge in [0.05, 0.1) is 11.5 Å². The highest BCUT2D eigenvalue weighted by atomic mass is 32.2. The van der Waals surface area contributed by atoms with E-state index >= 15 is 0 Å². The van der Waals surface area contributed by atoms with Gasteiger partial charge >= 0.3 is 0 Å². The van der Waals surface area contributed by atoms with Crippen LogP contribution in [0.25, 0.3) is 0 Å². The summed E-state index contributed by atoms with van der Waals surface area (Å²) in [6, 6.07) is 6.53. The summed E-state index contributed by atoms with van der Waals surface area (Å²) in [5.41, 5.74) is 2.41. The smallest absolute Gasteiger partial charge is 0.263 e. The first-order valence-corrected chi connectivity index (χ1v) is 11.7. The Morgan fingerprint density at radius 1 is 1.07 bits per heavy atom. The van der Waals surface area contributed by atoms with Gasteiger partial charge in [-0.3, -0.25) is 9.69 Å². The third-order valence-electron chi connectivity index (χ3n) is 6.11. The van der Waals surface area contributed by atoms with Gasteiger partial charge in [0.15, 0.2) is 15.9 Å². The molecule has 4 rings (SSSR count). The Labute approximate surface area is 161 Å². The summed E-state index contributed by atoms with van der Waals surface area (Å²) in [6.07, 6.45) is 3.06. The van der Waals surface area contributed by atoms with Crippen molar-refractivity contribution in [3.05, 3.63) is 29.3 Å². The fraction of sp³-hybridized carbons (Fsp3) is 0.650. The molecule has 1 aromatic rings. The van der Waals surface area contributed by atoms with Crippen molar-refractivity contribution in [2.45, 2.75) is 44.8 Å². The summed E-state index contributed by atoms with van der Waals surface area (Å²) in [5.74, 6) is 1.47. The molecule has 1 unspecified atom stereocenters. The van der Waals surface area contributed by atoms with Crippen molar-refractivity contribution in [3.63, 3.8) is 0 Å². The van der Waals surface area contributed by atoms with E-state index in [2.05, 4.69) is 17.9 Å². The highest BCUT2D eigenvalue weighted by Crippen LogP contribution is 2.30. The molecule has 2 fully saturated rings. The molecule has 1 amide bonds. The van der Waals surface area contributed by atoms with Crippen molar-refractivity contribution >= 4 is 15.7 Å². The Morgan fingerprint density at radius 2 is 1.78 bits per heavy atom. The zero-order valence-corrected chi connectivity index (χ0v) is 16.7. The van der Waals surface area contributed by atoms with E-state index in [9.17, 15) is 13.2 Å². The predicted octanol–water partition coefficient (Wildman–Crippen LogP) is 1.41.